The summed E-state index contributed by atoms with van der Waals surface area (Å²) >= 11 is 4.99. The van der Waals surface area contributed by atoms with E-state index in [1.807, 2.05) is 13.0 Å². The second kappa shape index (κ2) is 3.66. The summed E-state index contributed by atoms with van der Waals surface area (Å²) in [5, 5.41) is 21.4. The van der Waals surface area contributed by atoms with Crippen LogP contribution in [0.5, 0.6) is 0 Å². The Balaban J connectivity index is 2.76. The molecule has 0 aliphatic heterocycles. The van der Waals surface area contributed by atoms with Crippen molar-refractivity contribution in [3.63, 3.8) is 0 Å². The van der Waals surface area contributed by atoms with Crippen LogP contribution >= 0.6 is 27.3 Å². The summed E-state index contributed by atoms with van der Waals surface area (Å²) in [6, 6.07) is 3.65. The zero-order valence-corrected chi connectivity index (χ0v) is 9.89. The van der Waals surface area contributed by atoms with Crippen LogP contribution in [-0.4, -0.2) is 17.2 Å². The third-order valence-corrected chi connectivity index (χ3v) is 4.43. The van der Waals surface area contributed by atoms with Gasteiger partial charge in [0.2, 0.25) is 0 Å². The monoisotopic (exact) mass is 270 g/mol. The van der Waals surface area contributed by atoms with E-state index in [1.54, 1.807) is 17.4 Å². The normalized spacial score (nSPS) is 10.9. The first kappa shape index (κ1) is 10.2. The third kappa shape index (κ3) is 1.50. The molecule has 1 heterocycles. The lowest BCUT2D eigenvalue weighted by Crippen LogP contribution is -2.30. The van der Waals surface area contributed by atoms with E-state index in [-0.39, 0.29) is 0 Å². The topological polar surface area (TPSA) is 40.5 Å². The third-order valence-electron chi connectivity index (χ3n) is 2.18. The van der Waals surface area contributed by atoms with E-state index in [0.29, 0.717) is 5.46 Å². The quantitative estimate of drug-likeness (QED) is 0.774. The molecule has 2 nitrogen and oxygen atoms in total. The van der Waals surface area contributed by atoms with Crippen molar-refractivity contribution in [3.05, 3.63) is 27.5 Å². The molecular formula is C9H8BBrO2S. The predicted molar refractivity (Wildman–Crippen MR) is 64.1 cm³/mol. The van der Waals surface area contributed by atoms with Crippen LogP contribution in [0.15, 0.2) is 22.0 Å². The smallest absolute Gasteiger partial charge is 0.423 e. The molecule has 0 fully saturated rings. The lowest BCUT2D eigenvalue weighted by atomic mass is 9.80. The molecule has 0 amide bonds. The SMILES string of the molecule is Cc1csc2c(Br)c(B(O)O)ccc12. The summed E-state index contributed by atoms with van der Waals surface area (Å²) < 4.78 is 1.84. The van der Waals surface area contributed by atoms with Crippen LogP contribution in [0.4, 0.5) is 0 Å². The van der Waals surface area contributed by atoms with E-state index in [9.17, 15) is 0 Å². The van der Waals surface area contributed by atoms with Gasteiger partial charge in [0.05, 0.1) is 0 Å². The van der Waals surface area contributed by atoms with Crippen LogP contribution in [-0.2, 0) is 0 Å². The molecule has 0 saturated carbocycles. The average Bonchev–Trinajstić information content (AvgIpc) is 2.49. The highest BCUT2D eigenvalue weighted by Crippen LogP contribution is 2.30. The van der Waals surface area contributed by atoms with Crippen molar-refractivity contribution in [1.29, 1.82) is 0 Å². The Hall–Kier alpha value is -0.355. The summed E-state index contributed by atoms with van der Waals surface area (Å²) in [5.74, 6) is 0. The number of hydrogen-bond donors (Lipinski definition) is 2. The van der Waals surface area contributed by atoms with Gasteiger partial charge in [-0.3, -0.25) is 0 Å². The minimum Gasteiger partial charge on any atom is -0.423 e. The van der Waals surface area contributed by atoms with E-state index in [2.05, 4.69) is 21.3 Å². The van der Waals surface area contributed by atoms with Crippen LogP contribution < -0.4 is 5.46 Å². The van der Waals surface area contributed by atoms with Crippen molar-refractivity contribution in [2.24, 2.45) is 0 Å². The second-order valence-corrected chi connectivity index (χ2v) is 4.81. The molecule has 14 heavy (non-hydrogen) atoms. The number of rotatable bonds is 1. The molecule has 72 valence electrons. The zero-order chi connectivity index (χ0) is 10.3. The van der Waals surface area contributed by atoms with Gasteiger partial charge in [0.25, 0.3) is 0 Å². The highest BCUT2D eigenvalue weighted by molar-refractivity contribution is 9.10. The number of halogens is 1. The van der Waals surface area contributed by atoms with Gasteiger partial charge >= 0.3 is 7.12 Å². The first-order valence-electron chi connectivity index (χ1n) is 4.13. The maximum Gasteiger partial charge on any atom is 0.489 e. The molecule has 2 aromatic rings. The van der Waals surface area contributed by atoms with Crippen molar-refractivity contribution in [3.8, 4) is 0 Å². The van der Waals surface area contributed by atoms with E-state index >= 15 is 0 Å². The zero-order valence-electron chi connectivity index (χ0n) is 7.49. The number of benzene rings is 1. The average molecular weight is 271 g/mol. The van der Waals surface area contributed by atoms with Crippen LogP contribution in [0.1, 0.15) is 5.56 Å². The lowest BCUT2D eigenvalue weighted by Gasteiger charge is -2.03. The lowest BCUT2D eigenvalue weighted by molar-refractivity contribution is 0.425. The van der Waals surface area contributed by atoms with Gasteiger partial charge in [-0.05, 0) is 44.6 Å². The van der Waals surface area contributed by atoms with Gasteiger partial charge in [-0.15, -0.1) is 11.3 Å². The molecule has 0 spiro atoms. The largest absolute Gasteiger partial charge is 0.489 e. The number of hydrogen-bond acceptors (Lipinski definition) is 3. The Morgan fingerprint density at radius 2 is 2.07 bits per heavy atom. The fraction of sp³-hybridized carbons (Fsp3) is 0.111. The summed E-state index contributed by atoms with van der Waals surface area (Å²) in [6.07, 6.45) is 0. The second-order valence-electron chi connectivity index (χ2n) is 3.14. The minimum absolute atomic E-state index is 0.513. The highest BCUT2D eigenvalue weighted by atomic mass is 79.9. The van der Waals surface area contributed by atoms with Gasteiger partial charge in [0.15, 0.2) is 0 Å². The molecule has 0 atom stereocenters. The number of aryl methyl sites for hydroxylation is 1. The summed E-state index contributed by atoms with van der Waals surface area (Å²) in [5.41, 5.74) is 1.73. The molecule has 2 rings (SSSR count). The molecule has 0 saturated heterocycles. The fourth-order valence-corrected chi connectivity index (χ4v) is 3.24. The van der Waals surface area contributed by atoms with Crippen molar-refractivity contribution in [2.45, 2.75) is 6.92 Å². The molecular weight excluding hydrogens is 263 g/mol. The van der Waals surface area contributed by atoms with Gasteiger partial charge in [0.1, 0.15) is 0 Å². The molecule has 2 N–H and O–H groups in total. The van der Waals surface area contributed by atoms with Crippen molar-refractivity contribution in [1.82, 2.24) is 0 Å². The van der Waals surface area contributed by atoms with E-state index in [1.165, 1.54) is 5.56 Å². The first-order chi connectivity index (χ1) is 6.61. The van der Waals surface area contributed by atoms with Gasteiger partial charge in [0, 0.05) is 9.17 Å². The van der Waals surface area contributed by atoms with Gasteiger partial charge in [-0.25, -0.2) is 0 Å². The summed E-state index contributed by atoms with van der Waals surface area (Å²) in [7, 11) is -1.42. The molecule has 0 bridgehead atoms. The Morgan fingerprint density at radius 3 is 2.71 bits per heavy atom. The molecule has 0 aliphatic carbocycles. The standard InChI is InChI=1S/C9H8BBrO2S/c1-5-4-14-9-6(5)2-3-7(8(9)11)10(12)13/h2-4,12-13H,1H3. The Kier molecular flexibility index (Phi) is 2.66. The highest BCUT2D eigenvalue weighted by Gasteiger charge is 2.17. The van der Waals surface area contributed by atoms with Crippen molar-refractivity contribution >= 4 is 49.9 Å². The van der Waals surface area contributed by atoms with Crippen LogP contribution in [0, 0.1) is 6.92 Å². The number of thiophene rings is 1. The molecule has 1 aromatic carbocycles. The Morgan fingerprint density at radius 1 is 1.36 bits per heavy atom. The van der Waals surface area contributed by atoms with Crippen LogP contribution in [0.25, 0.3) is 10.1 Å². The molecule has 1 aromatic heterocycles. The van der Waals surface area contributed by atoms with Crippen LogP contribution in [0.3, 0.4) is 0 Å². The van der Waals surface area contributed by atoms with Crippen molar-refractivity contribution < 1.29 is 10.0 Å². The fourth-order valence-electron chi connectivity index (χ4n) is 1.41. The van der Waals surface area contributed by atoms with Gasteiger partial charge in [-0.2, -0.15) is 0 Å². The molecule has 0 unspecified atom stereocenters. The van der Waals surface area contributed by atoms with E-state index < -0.39 is 7.12 Å². The van der Waals surface area contributed by atoms with Crippen LogP contribution in [0.2, 0.25) is 0 Å². The summed E-state index contributed by atoms with van der Waals surface area (Å²) in [6.45, 7) is 2.04. The Labute approximate surface area is 94.5 Å². The summed E-state index contributed by atoms with van der Waals surface area (Å²) in [4.78, 5) is 0. The maximum atomic E-state index is 9.10. The number of fused-ring (bicyclic) bond motifs is 1. The maximum absolute atomic E-state index is 9.10. The van der Waals surface area contributed by atoms with Gasteiger partial charge in [-0.1, -0.05) is 12.1 Å². The molecule has 0 radical (unpaired) electrons. The minimum atomic E-state index is -1.42. The first-order valence-corrected chi connectivity index (χ1v) is 5.81. The molecule has 5 heteroatoms. The van der Waals surface area contributed by atoms with Crippen molar-refractivity contribution in [2.75, 3.05) is 0 Å². The Bertz CT molecular complexity index is 481. The van der Waals surface area contributed by atoms with E-state index in [4.69, 9.17) is 10.0 Å². The molecule has 0 aliphatic rings. The van der Waals surface area contributed by atoms with E-state index in [0.717, 1.165) is 14.6 Å². The van der Waals surface area contributed by atoms with Gasteiger partial charge < -0.3 is 10.0 Å². The predicted octanol–water partition coefficient (Wildman–Crippen LogP) is 1.65.